The lowest BCUT2D eigenvalue weighted by Gasteiger charge is -2.35. The van der Waals surface area contributed by atoms with Gasteiger partial charge >= 0.3 is 0 Å². The van der Waals surface area contributed by atoms with Crippen molar-refractivity contribution >= 4 is 17.7 Å². The number of imidazole rings is 1. The first-order chi connectivity index (χ1) is 8.59. The third-order valence-corrected chi connectivity index (χ3v) is 4.65. The Bertz CT molecular complexity index is 418. The van der Waals surface area contributed by atoms with Crippen LogP contribution in [0, 0.1) is 0 Å². The molecule has 0 N–H and O–H groups in total. The van der Waals surface area contributed by atoms with Gasteiger partial charge in [-0.25, -0.2) is 4.98 Å². The largest absolute Gasteiger partial charge is 0.339 e. The number of hydrogen-bond acceptors (Lipinski definition) is 3. The Labute approximate surface area is 113 Å². The van der Waals surface area contributed by atoms with Gasteiger partial charge in [0, 0.05) is 32.0 Å². The molecule has 1 aliphatic rings. The van der Waals surface area contributed by atoms with E-state index in [2.05, 4.69) is 11.9 Å². The monoisotopic (exact) mass is 267 g/mol. The lowest BCUT2D eigenvalue weighted by atomic mass is 10.0. The smallest absolute Gasteiger partial charge is 0.236 e. The second-order valence-corrected chi connectivity index (χ2v) is 6.27. The topological polar surface area (TPSA) is 38.1 Å². The molecule has 18 heavy (non-hydrogen) atoms. The molecule has 2 rings (SSSR count). The van der Waals surface area contributed by atoms with Crippen molar-refractivity contribution in [3.8, 4) is 0 Å². The third kappa shape index (κ3) is 2.88. The van der Waals surface area contributed by atoms with Crippen LogP contribution in [0.2, 0.25) is 0 Å². The summed E-state index contributed by atoms with van der Waals surface area (Å²) in [6.45, 7) is 5.03. The number of piperidine rings is 1. The lowest BCUT2D eigenvalue weighted by molar-refractivity contribution is -0.133. The number of aryl methyl sites for hydroxylation is 1. The molecule has 0 radical (unpaired) electrons. The van der Waals surface area contributed by atoms with E-state index in [1.807, 2.05) is 29.6 Å². The zero-order chi connectivity index (χ0) is 13.1. The van der Waals surface area contributed by atoms with Crippen LogP contribution >= 0.6 is 11.8 Å². The van der Waals surface area contributed by atoms with E-state index in [0.29, 0.717) is 6.04 Å². The summed E-state index contributed by atoms with van der Waals surface area (Å²) in [6, 6.07) is 0.385. The van der Waals surface area contributed by atoms with E-state index in [-0.39, 0.29) is 11.2 Å². The second-order valence-electron chi connectivity index (χ2n) is 4.96. The molecule has 1 saturated heterocycles. The number of thioether (sulfide) groups is 1. The molecule has 0 saturated carbocycles. The summed E-state index contributed by atoms with van der Waals surface area (Å²) in [6.07, 6.45) is 7.18. The van der Waals surface area contributed by atoms with Crippen LogP contribution in [0.15, 0.2) is 17.6 Å². The SMILES string of the molecule is CC(Sc1nccn1C)C(=O)N1CCCCC1C. The van der Waals surface area contributed by atoms with Crippen molar-refractivity contribution in [2.45, 2.75) is 49.6 Å². The van der Waals surface area contributed by atoms with Crippen LogP contribution in [-0.2, 0) is 11.8 Å². The second kappa shape index (κ2) is 5.78. The number of amides is 1. The Morgan fingerprint density at radius 2 is 2.33 bits per heavy atom. The predicted molar refractivity (Wildman–Crippen MR) is 73.6 cm³/mol. The van der Waals surface area contributed by atoms with Gasteiger partial charge in [0.15, 0.2) is 5.16 Å². The van der Waals surface area contributed by atoms with Crippen LogP contribution in [0.5, 0.6) is 0 Å². The average molecular weight is 267 g/mol. The Balaban J connectivity index is 1.98. The first-order valence-electron chi connectivity index (χ1n) is 6.54. The Kier molecular flexibility index (Phi) is 4.32. The van der Waals surface area contributed by atoms with Gasteiger partial charge < -0.3 is 9.47 Å². The fourth-order valence-electron chi connectivity index (χ4n) is 2.33. The normalized spacial score (nSPS) is 21.9. The third-order valence-electron chi connectivity index (χ3n) is 3.49. The van der Waals surface area contributed by atoms with Crippen molar-refractivity contribution < 1.29 is 4.79 Å². The van der Waals surface area contributed by atoms with Gasteiger partial charge in [0.05, 0.1) is 5.25 Å². The average Bonchev–Trinajstić information content (AvgIpc) is 2.75. The van der Waals surface area contributed by atoms with Crippen LogP contribution in [0.25, 0.3) is 0 Å². The minimum absolute atomic E-state index is 0.0633. The minimum Gasteiger partial charge on any atom is -0.339 e. The van der Waals surface area contributed by atoms with E-state index in [1.54, 1.807) is 18.0 Å². The van der Waals surface area contributed by atoms with Crippen LogP contribution < -0.4 is 0 Å². The molecule has 0 aromatic carbocycles. The number of carbonyl (C=O) groups excluding carboxylic acids is 1. The summed E-state index contributed by atoms with van der Waals surface area (Å²) in [7, 11) is 1.95. The van der Waals surface area contributed by atoms with Crippen LogP contribution in [-0.4, -0.2) is 38.2 Å². The maximum atomic E-state index is 12.4. The summed E-state index contributed by atoms with van der Waals surface area (Å²) in [5, 5.41) is 0.840. The molecular formula is C13H21N3OS. The maximum Gasteiger partial charge on any atom is 0.236 e. The standard InChI is InChI=1S/C13H21N3OS/c1-10-6-4-5-8-16(10)12(17)11(2)18-13-14-7-9-15(13)3/h7,9-11H,4-6,8H2,1-3H3. The fourth-order valence-corrected chi connectivity index (χ4v) is 3.23. The molecule has 1 aromatic rings. The molecule has 0 aliphatic carbocycles. The van der Waals surface area contributed by atoms with Crippen molar-refractivity contribution in [2.75, 3.05) is 6.54 Å². The van der Waals surface area contributed by atoms with E-state index in [4.69, 9.17) is 0 Å². The number of carbonyl (C=O) groups is 1. The van der Waals surface area contributed by atoms with Gasteiger partial charge in [-0.05, 0) is 33.1 Å². The molecule has 2 atom stereocenters. The molecule has 2 unspecified atom stereocenters. The van der Waals surface area contributed by atoms with Gasteiger partial charge in [0.2, 0.25) is 5.91 Å². The lowest BCUT2D eigenvalue weighted by Crippen LogP contribution is -2.45. The van der Waals surface area contributed by atoms with Crippen molar-refractivity contribution in [3.05, 3.63) is 12.4 Å². The zero-order valence-electron chi connectivity index (χ0n) is 11.3. The molecule has 5 heteroatoms. The summed E-state index contributed by atoms with van der Waals surface area (Å²) in [5.41, 5.74) is 0. The molecule has 2 heterocycles. The minimum atomic E-state index is -0.0633. The highest BCUT2D eigenvalue weighted by atomic mass is 32.2. The number of aromatic nitrogens is 2. The highest BCUT2D eigenvalue weighted by Crippen LogP contribution is 2.25. The van der Waals surface area contributed by atoms with Crippen LogP contribution in [0.4, 0.5) is 0 Å². The van der Waals surface area contributed by atoms with Crippen molar-refractivity contribution in [1.82, 2.24) is 14.5 Å². The quantitative estimate of drug-likeness (QED) is 0.789. The zero-order valence-corrected chi connectivity index (χ0v) is 12.1. The summed E-state index contributed by atoms with van der Waals surface area (Å²) in [5.74, 6) is 0.246. The molecule has 0 bridgehead atoms. The first kappa shape index (κ1) is 13.5. The van der Waals surface area contributed by atoms with E-state index >= 15 is 0 Å². The van der Waals surface area contributed by atoms with E-state index in [1.165, 1.54) is 6.42 Å². The van der Waals surface area contributed by atoms with Gasteiger partial charge in [-0.3, -0.25) is 4.79 Å². The molecule has 100 valence electrons. The van der Waals surface area contributed by atoms with E-state index < -0.39 is 0 Å². The Hall–Kier alpha value is -0.970. The first-order valence-corrected chi connectivity index (χ1v) is 7.42. The highest BCUT2D eigenvalue weighted by molar-refractivity contribution is 8.00. The maximum absolute atomic E-state index is 12.4. The van der Waals surface area contributed by atoms with Gasteiger partial charge in [-0.1, -0.05) is 11.8 Å². The fraction of sp³-hybridized carbons (Fsp3) is 0.692. The molecule has 1 aliphatic heterocycles. The number of hydrogen-bond donors (Lipinski definition) is 0. The summed E-state index contributed by atoms with van der Waals surface area (Å²) < 4.78 is 1.95. The van der Waals surface area contributed by atoms with Gasteiger partial charge in [0.1, 0.15) is 0 Å². The van der Waals surface area contributed by atoms with Gasteiger partial charge in [-0.15, -0.1) is 0 Å². The van der Waals surface area contributed by atoms with Crippen molar-refractivity contribution in [2.24, 2.45) is 7.05 Å². The molecular weight excluding hydrogens is 246 g/mol. The van der Waals surface area contributed by atoms with E-state index in [0.717, 1.165) is 24.5 Å². The highest BCUT2D eigenvalue weighted by Gasteiger charge is 2.27. The molecule has 0 spiro atoms. The molecule has 1 amide bonds. The molecule has 1 aromatic heterocycles. The number of rotatable bonds is 3. The van der Waals surface area contributed by atoms with Crippen LogP contribution in [0.1, 0.15) is 33.1 Å². The van der Waals surface area contributed by atoms with Crippen molar-refractivity contribution in [1.29, 1.82) is 0 Å². The van der Waals surface area contributed by atoms with Crippen LogP contribution in [0.3, 0.4) is 0 Å². The van der Waals surface area contributed by atoms with E-state index in [9.17, 15) is 4.79 Å². The number of nitrogens with zero attached hydrogens (tertiary/aromatic N) is 3. The van der Waals surface area contributed by atoms with Gasteiger partial charge in [0.25, 0.3) is 0 Å². The summed E-state index contributed by atoms with van der Waals surface area (Å²) in [4.78, 5) is 18.7. The van der Waals surface area contributed by atoms with Crippen molar-refractivity contribution in [3.63, 3.8) is 0 Å². The number of likely N-dealkylation sites (tertiary alicyclic amines) is 1. The Morgan fingerprint density at radius 3 is 2.94 bits per heavy atom. The van der Waals surface area contributed by atoms with Gasteiger partial charge in [-0.2, -0.15) is 0 Å². The molecule has 4 nitrogen and oxygen atoms in total. The molecule has 1 fully saturated rings. The summed E-state index contributed by atoms with van der Waals surface area (Å²) >= 11 is 1.54. The predicted octanol–water partition coefficient (Wildman–Crippen LogP) is 2.30. The Morgan fingerprint density at radius 1 is 1.56 bits per heavy atom.